The van der Waals surface area contributed by atoms with Crippen molar-refractivity contribution < 1.29 is 18.7 Å². The Morgan fingerprint density at radius 2 is 1.77 bits per heavy atom. The second-order valence-corrected chi connectivity index (χ2v) is 7.50. The molecule has 0 aromatic heterocycles. The molecule has 144 valence electrons. The number of halogens is 1. The number of ether oxygens (including phenoxy) is 1. The van der Waals surface area contributed by atoms with Gasteiger partial charge in [-0.15, -0.1) is 0 Å². The molecule has 0 aliphatic heterocycles. The molecule has 0 radical (unpaired) electrons. The summed E-state index contributed by atoms with van der Waals surface area (Å²) in [6.45, 7) is 6.45. The number of carbonyl (C=O) groups excluding carboxylic acids is 2. The van der Waals surface area contributed by atoms with Gasteiger partial charge in [-0.2, -0.15) is 0 Å². The lowest BCUT2D eigenvalue weighted by Gasteiger charge is -2.31. The van der Waals surface area contributed by atoms with Crippen molar-refractivity contribution in [1.29, 1.82) is 0 Å². The second-order valence-electron chi connectivity index (χ2n) is 7.50. The molecule has 1 aliphatic rings. The van der Waals surface area contributed by atoms with Crippen LogP contribution in [0.4, 0.5) is 4.39 Å². The average Bonchev–Trinajstić information content (AvgIpc) is 2.63. The molecule has 26 heavy (non-hydrogen) atoms. The zero-order valence-electron chi connectivity index (χ0n) is 16.0. The molecule has 0 heterocycles. The number of hydrogen-bond donors (Lipinski definition) is 1. The second kappa shape index (κ2) is 9.70. The Hall–Kier alpha value is -1.91. The first-order valence-corrected chi connectivity index (χ1v) is 9.62. The van der Waals surface area contributed by atoms with Crippen molar-refractivity contribution in [3.8, 4) is 0 Å². The molecule has 0 saturated heterocycles. The van der Waals surface area contributed by atoms with Crippen molar-refractivity contribution >= 4 is 11.9 Å². The lowest BCUT2D eigenvalue weighted by atomic mass is 9.76. The fourth-order valence-corrected chi connectivity index (χ4v) is 3.63. The van der Waals surface area contributed by atoms with Gasteiger partial charge in [0.25, 0.3) is 0 Å². The molecule has 1 aliphatic carbocycles. The van der Waals surface area contributed by atoms with Crippen LogP contribution in [-0.2, 0) is 20.7 Å². The molecule has 1 N–H and O–H groups in total. The molecule has 0 unspecified atom stereocenters. The summed E-state index contributed by atoms with van der Waals surface area (Å²) in [5.74, 6) is 0.430. The highest BCUT2D eigenvalue weighted by Gasteiger charge is 2.30. The lowest BCUT2D eigenvalue weighted by Crippen LogP contribution is -2.46. The Morgan fingerprint density at radius 1 is 1.15 bits per heavy atom. The van der Waals surface area contributed by atoms with Gasteiger partial charge in [0.1, 0.15) is 11.9 Å². The van der Waals surface area contributed by atoms with Crippen LogP contribution in [0.5, 0.6) is 0 Å². The van der Waals surface area contributed by atoms with Crippen LogP contribution in [0.25, 0.3) is 0 Å². The molecule has 1 amide bonds. The average molecular weight is 363 g/mol. The van der Waals surface area contributed by atoms with Crippen molar-refractivity contribution in [2.75, 3.05) is 6.61 Å². The first-order valence-electron chi connectivity index (χ1n) is 9.62. The highest BCUT2D eigenvalue weighted by atomic mass is 19.1. The summed E-state index contributed by atoms with van der Waals surface area (Å²) in [5, 5.41) is 2.87. The minimum atomic E-state index is -0.740. The van der Waals surface area contributed by atoms with Gasteiger partial charge >= 0.3 is 5.97 Å². The number of rotatable bonds is 7. The Bertz CT molecular complexity index is 592. The van der Waals surface area contributed by atoms with Crippen molar-refractivity contribution in [2.45, 2.75) is 58.9 Å². The SMILES string of the molecule is CCOC(=O)[C@@H](Cc1ccc(F)cc1)NC(=O)C1CCC(C(C)C)CC1. The Morgan fingerprint density at radius 3 is 2.31 bits per heavy atom. The van der Waals surface area contributed by atoms with Gasteiger partial charge in [-0.05, 0) is 62.1 Å². The molecule has 5 heteroatoms. The van der Waals surface area contributed by atoms with Gasteiger partial charge in [-0.1, -0.05) is 26.0 Å². The quantitative estimate of drug-likeness (QED) is 0.748. The molecule has 1 aromatic rings. The van der Waals surface area contributed by atoms with Crippen LogP contribution in [0.2, 0.25) is 0 Å². The van der Waals surface area contributed by atoms with Crippen molar-refractivity contribution in [2.24, 2.45) is 17.8 Å². The fraction of sp³-hybridized carbons (Fsp3) is 0.619. The first kappa shape index (κ1) is 20.4. The highest BCUT2D eigenvalue weighted by molar-refractivity contribution is 5.86. The van der Waals surface area contributed by atoms with Gasteiger partial charge < -0.3 is 10.1 Å². The van der Waals surface area contributed by atoms with Crippen LogP contribution in [0, 0.1) is 23.6 Å². The number of hydrogen-bond acceptors (Lipinski definition) is 3. The molecule has 1 aromatic carbocycles. The van der Waals surface area contributed by atoms with E-state index in [1.165, 1.54) is 12.1 Å². The van der Waals surface area contributed by atoms with Crippen molar-refractivity contribution in [1.82, 2.24) is 5.32 Å². The zero-order valence-corrected chi connectivity index (χ0v) is 16.0. The van der Waals surface area contributed by atoms with E-state index in [1.54, 1.807) is 19.1 Å². The summed E-state index contributed by atoms with van der Waals surface area (Å²) in [5.41, 5.74) is 0.785. The van der Waals surface area contributed by atoms with E-state index in [2.05, 4.69) is 19.2 Å². The number of esters is 1. The first-order chi connectivity index (χ1) is 12.4. The van der Waals surface area contributed by atoms with Crippen molar-refractivity contribution in [3.63, 3.8) is 0 Å². The Balaban J connectivity index is 1.98. The zero-order chi connectivity index (χ0) is 19.1. The fourth-order valence-electron chi connectivity index (χ4n) is 3.63. The Kier molecular flexibility index (Phi) is 7.61. The van der Waals surface area contributed by atoms with E-state index in [9.17, 15) is 14.0 Å². The van der Waals surface area contributed by atoms with Gasteiger partial charge in [-0.25, -0.2) is 9.18 Å². The van der Waals surface area contributed by atoms with Crippen LogP contribution in [0.15, 0.2) is 24.3 Å². The van der Waals surface area contributed by atoms with Crippen molar-refractivity contribution in [3.05, 3.63) is 35.6 Å². The lowest BCUT2D eigenvalue weighted by molar-refractivity contribution is -0.148. The summed E-state index contributed by atoms with van der Waals surface area (Å²) < 4.78 is 18.2. The predicted molar refractivity (Wildman–Crippen MR) is 99.0 cm³/mol. The van der Waals surface area contributed by atoms with Gasteiger partial charge in [0, 0.05) is 12.3 Å². The van der Waals surface area contributed by atoms with Crippen LogP contribution < -0.4 is 5.32 Å². The van der Waals surface area contributed by atoms with Crippen LogP contribution in [0.3, 0.4) is 0 Å². The number of benzene rings is 1. The summed E-state index contributed by atoms with van der Waals surface area (Å²) in [6.07, 6.45) is 4.13. The van der Waals surface area contributed by atoms with E-state index in [0.29, 0.717) is 18.3 Å². The third kappa shape index (κ3) is 5.82. The predicted octanol–water partition coefficient (Wildman–Crippen LogP) is 3.88. The maximum atomic E-state index is 13.1. The molecular formula is C21H30FNO3. The smallest absolute Gasteiger partial charge is 0.328 e. The summed E-state index contributed by atoms with van der Waals surface area (Å²) >= 11 is 0. The standard InChI is InChI=1S/C21H30FNO3/c1-4-26-21(25)19(13-15-5-11-18(22)12-6-15)23-20(24)17-9-7-16(8-10-17)14(2)3/h5-6,11-12,14,16-17,19H,4,7-10,13H2,1-3H3,(H,23,24)/t16?,17?,19-/m1/s1. The molecule has 1 saturated carbocycles. The van der Waals surface area contributed by atoms with E-state index in [0.717, 1.165) is 31.2 Å². The third-order valence-corrected chi connectivity index (χ3v) is 5.33. The third-order valence-electron chi connectivity index (χ3n) is 5.33. The maximum Gasteiger partial charge on any atom is 0.328 e. The van der Waals surface area contributed by atoms with Crippen LogP contribution in [0.1, 0.15) is 52.0 Å². The van der Waals surface area contributed by atoms with E-state index in [1.807, 2.05) is 0 Å². The maximum absolute atomic E-state index is 13.1. The van der Waals surface area contributed by atoms with Gasteiger partial charge in [0.2, 0.25) is 5.91 Å². The molecule has 1 atom stereocenters. The number of carbonyl (C=O) groups is 2. The minimum absolute atomic E-state index is 0.0462. The van der Waals surface area contributed by atoms with E-state index < -0.39 is 12.0 Å². The van der Waals surface area contributed by atoms with Crippen LogP contribution >= 0.6 is 0 Å². The monoisotopic (exact) mass is 363 g/mol. The molecule has 1 fully saturated rings. The topological polar surface area (TPSA) is 55.4 Å². The molecular weight excluding hydrogens is 333 g/mol. The van der Waals surface area contributed by atoms with Gasteiger partial charge in [0.05, 0.1) is 6.61 Å². The number of amides is 1. The summed E-state index contributed by atoms with van der Waals surface area (Å²) in [7, 11) is 0. The van der Waals surface area contributed by atoms with E-state index in [4.69, 9.17) is 4.74 Å². The van der Waals surface area contributed by atoms with E-state index in [-0.39, 0.29) is 24.2 Å². The normalized spacial score (nSPS) is 21.3. The molecule has 0 spiro atoms. The summed E-state index contributed by atoms with van der Waals surface area (Å²) in [4.78, 5) is 24.9. The highest BCUT2D eigenvalue weighted by Crippen LogP contribution is 2.33. The van der Waals surface area contributed by atoms with Gasteiger partial charge in [-0.3, -0.25) is 4.79 Å². The minimum Gasteiger partial charge on any atom is -0.464 e. The Labute approximate surface area is 155 Å². The number of nitrogens with one attached hydrogen (secondary N) is 1. The largest absolute Gasteiger partial charge is 0.464 e. The molecule has 4 nitrogen and oxygen atoms in total. The van der Waals surface area contributed by atoms with Gasteiger partial charge in [0.15, 0.2) is 0 Å². The molecule has 2 rings (SSSR count). The molecule has 0 bridgehead atoms. The van der Waals surface area contributed by atoms with Crippen LogP contribution in [-0.4, -0.2) is 24.5 Å². The van der Waals surface area contributed by atoms with E-state index >= 15 is 0 Å². The summed E-state index contributed by atoms with van der Waals surface area (Å²) in [6, 6.07) is 5.22.